The van der Waals surface area contributed by atoms with Gasteiger partial charge in [0.25, 0.3) is 0 Å². The fraction of sp³-hybridized carbons (Fsp3) is 0.538. The van der Waals surface area contributed by atoms with E-state index >= 15 is 0 Å². The summed E-state index contributed by atoms with van der Waals surface area (Å²) in [6.45, 7) is 0.532. The minimum atomic E-state index is -3.54. The van der Waals surface area contributed by atoms with E-state index in [0.717, 1.165) is 19.3 Å². The molecule has 0 saturated carbocycles. The topological polar surface area (TPSA) is 37.4 Å². The van der Waals surface area contributed by atoms with Gasteiger partial charge in [-0.05, 0) is 37.5 Å². The summed E-state index contributed by atoms with van der Waals surface area (Å²) in [7, 11) is -3.54. The molecule has 0 spiro atoms. The number of alkyl halides is 1. The highest BCUT2D eigenvalue weighted by atomic mass is 35.5. The van der Waals surface area contributed by atoms with Crippen LogP contribution in [0.25, 0.3) is 0 Å². The monoisotopic (exact) mass is 355 g/mol. The highest BCUT2D eigenvalue weighted by Crippen LogP contribution is 2.30. The summed E-state index contributed by atoms with van der Waals surface area (Å²) in [5, 5.41) is 0.597. The molecule has 7 heteroatoms. The van der Waals surface area contributed by atoms with E-state index in [4.69, 9.17) is 34.8 Å². The maximum absolute atomic E-state index is 12.7. The maximum Gasteiger partial charge on any atom is 0.243 e. The first-order valence-corrected chi connectivity index (χ1v) is 9.22. The number of nitrogens with zero attached hydrogens (tertiary/aromatic N) is 1. The lowest BCUT2D eigenvalue weighted by atomic mass is 10.0. The van der Waals surface area contributed by atoms with E-state index < -0.39 is 10.0 Å². The fourth-order valence-electron chi connectivity index (χ4n) is 2.48. The van der Waals surface area contributed by atoms with E-state index in [1.54, 1.807) is 4.31 Å². The van der Waals surface area contributed by atoms with Gasteiger partial charge in [0.2, 0.25) is 10.0 Å². The summed E-state index contributed by atoms with van der Waals surface area (Å²) in [5.74, 6) is 0.456. The second-order valence-corrected chi connectivity index (χ2v) is 7.90. The summed E-state index contributed by atoms with van der Waals surface area (Å²) in [6, 6.07) is 4.39. The third kappa shape index (κ3) is 3.42. The Hall–Kier alpha value is -0.000000000000000111. The molecule has 20 heavy (non-hydrogen) atoms. The van der Waals surface area contributed by atoms with Crippen LogP contribution in [0.15, 0.2) is 23.1 Å². The van der Waals surface area contributed by atoms with Crippen LogP contribution in [0.5, 0.6) is 0 Å². The average molecular weight is 357 g/mol. The van der Waals surface area contributed by atoms with Crippen LogP contribution >= 0.6 is 34.8 Å². The molecule has 1 aromatic rings. The summed E-state index contributed by atoms with van der Waals surface area (Å²) in [6.07, 6.45) is 3.43. The number of rotatable bonds is 4. The van der Waals surface area contributed by atoms with E-state index in [2.05, 4.69) is 0 Å². The molecule has 0 radical (unpaired) electrons. The van der Waals surface area contributed by atoms with Gasteiger partial charge in [-0.2, -0.15) is 4.31 Å². The van der Waals surface area contributed by atoms with Crippen molar-refractivity contribution in [3.05, 3.63) is 28.2 Å². The smallest absolute Gasteiger partial charge is 0.207 e. The van der Waals surface area contributed by atoms with Crippen molar-refractivity contribution in [2.24, 2.45) is 0 Å². The van der Waals surface area contributed by atoms with Crippen LogP contribution in [0.1, 0.15) is 25.7 Å². The molecule has 2 rings (SSSR count). The molecule has 1 aliphatic rings. The van der Waals surface area contributed by atoms with Gasteiger partial charge in [-0.1, -0.05) is 29.6 Å². The first-order chi connectivity index (χ1) is 9.46. The van der Waals surface area contributed by atoms with Crippen molar-refractivity contribution in [2.75, 3.05) is 12.4 Å². The summed E-state index contributed by atoms with van der Waals surface area (Å²) in [5.41, 5.74) is 0. The molecule has 1 fully saturated rings. The van der Waals surface area contributed by atoms with Gasteiger partial charge in [0.1, 0.15) is 0 Å². The third-order valence-corrected chi connectivity index (χ3v) is 6.42. The zero-order chi connectivity index (χ0) is 14.8. The quantitative estimate of drug-likeness (QED) is 0.759. The van der Waals surface area contributed by atoms with Crippen molar-refractivity contribution in [1.82, 2.24) is 4.31 Å². The van der Waals surface area contributed by atoms with E-state index in [0.29, 0.717) is 23.9 Å². The SMILES string of the molecule is O=S(=O)(c1ccc(Cl)c(Cl)c1)N1CCCCC1CCCl. The molecule has 1 saturated heterocycles. The minimum Gasteiger partial charge on any atom is -0.207 e. The first kappa shape index (κ1) is 16.4. The van der Waals surface area contributed by atoms with Crippen LogP contribution < -0.4 is 0 Å². The Balaban J connectivity index is 2.34. The zero-order valence-corrected chi connectivity index (χ0v) is 13.9. The summed E-state index contributed by atoms with van der Waals surface area (Å²) in [4.78, 5) is 0.188. The summed E-state index contributed by atoms with van der Waals surface area (Å²) < 4.78 is 27.0. The van der Waals surface area contributed by atoms with Gasteiger partial charge in [0.05, 0.1) is 14.9 Å². The lowest BCUT2D eigenvalue weighted by Crippen LogP contribution is -2.43. The van der Waals surface area contributed by atoms with Gasteiger partial charge in [-0.25, -0.2) is 8.42 Å². The molecule has 1 aromatic carbocycles. The van der Waals surface area contributed by atoms with Crippen LogP contribution in [0.3, 0.4) is 0 Å². The lowest BCUT2D eigenvalue weighted by molar-refractivity contribution is 0.247. The van der Waals surface area contributed by atoms with Crippen molar-refractivity contribution in [3.8, 4) is 0 Å². The van der Waals surface area contributed by atoms with E-state index in [1.165, 1.54) is 18.2 Å². The molecule has 3 nitrogen and oxygen atoms in total. The van der Waals surface area contributed by atoms with E-state index in [1.807, 2.05) is 0 Å². The van der Waals surface area contributed by atoms with Gasteiger partial charge in [-0.15, -0.1) is 11.6 Å². The molecule has 0 aliphatic carbocycles. The van der Waals surface area contributed by atoms with Crippen LogP contribution in [-0.4, -0.2) is 31.2 Å². The fourth-order valence-corrected chi connectivity index (χ4v) is 4.84. The molecule has 1 heterocycles. The molecular formula is C13H16Cl3NO2S. The van der Waals surface area contributed by atoms with Crippen molar-refractivity contribution in [2.45, 2.75) is 36.6 Å². The minimum absolute atomic E-state index is 0.0271. The van der Waals surface area contributed by atoms with Gasteiger partial charge >= 0.3 is 0 Å². The predicted molar refractivity (Wildman–Crippen MR) is 83.3 cm³/mol. The van der Waals surface area contributed by atoms with Gasteiger partial charge in [-0.3, -0.25) is 0 Å². The Morgan fingerprint density at radius 2 is 1.95 bits per heavy atom. The van der Waals surface area contributed by atoms with E-state index in [9.17, 15) is 8.42 Å². The van der Waals surface area contributed by atoms with Crippen molar-refractivity contribution < 1.29 is 8.42 Å². The van der Waals surface area contributed by atoms with Crippen LogP contribution in [0, 0.1) is 0 Å². The third-order valence-electron chi connectivity index (χ3n) is 3.51. The van der Waals surface area contributed by atoms with Gasteiger partial charge in [0.15, 0.2) is 0 Å². The molecule has 112 valence electrons. The van der Waals surface area contributed by atoms with Crippen LogP contribution in [-0.2, 0) is 10.0 Å². The number of hydrogen-bond acceptors (Lipinski definition) is 2. The number of piperidine rings is 1. The lowest BCUT2D eigenvalue weighted by Gasteiger charge is -2.34. The number of halogens is 3. The Bertz CT molecular complexity index is 575. The first-order valence-electron chi connectivity index (χ1n) is 6.49. The van der Waals surface area contributed by atoms with Crippen molar-refractivity contribution in [1.29, 1.82) is 0 Å². The molecule has 1 aliphatic heterocycles. The molecule has 0 N–H and O–H groups in total. The number of hydrogen-bond donors (Lipinski definition) is 0. The number of sulfonamides is 1. The second kappa shape index (κ2) is 6.84. The summed E-state index contributed by atoms with van der Waals surface area (Å²) >= 11 is 17.5. The maximum atomic E-state index is 12.7. The Morgan fingerprint density at radius 3 is 2.60 bits per heavy atom. The van der Waals surface area contributed by atoms with Crippen molar-refractivity contribution >= 4 is 44.8 Å². The van der Waals surface area contributed by atoms with Gasteiger partial charge < -0.3 is 0 Å². The largest absolute Gasteiger partial charge is 0.243 e. The molecule has 0 aromatic heterocycles. The zero-order valence-electron chi connectivity index (χ0n) is 10.9. The Kier molecular flexibility index (Phi) is 5.60. The molecular weight excluding hydrogens is 341 g/mol. The predicted octanol–water partition coefficient (Wildman–Crippen LogP) is 4.17. The standard InChI is InChI=1S/C13H16Cl3NO2S/c14-7-6-10-3-1-2-8-17(10)20(18,19)11-4-5-12(15)13(16)9-11/h4-5,9-10H,1-3,6-8H2. The molecule has 1 unspecified atom stereocenters. The van der Waals surface area contributed by atoms with Crippen LogP contribution in [0.4, 0.5) is 0 Å². The Morgan fingerprint density at radius 1 is 1.20 bits per heavy atom. The van der Waals surface area contributed by atoms with Gasteiger partial charge in [0, 0.05) is 18.5 Å². The molecule has 1 atom stereocenters. The number of benzene rings is 1. The molecule has 0 bridgehead atoms. The van der Waals surface area contributed by atoms with Crippen molar-refractivity contribution in [3.63, 3.8) is 0 Å². The highest BCUT2D eigenvalue weighted by Gasteiger charge is 2.33. The second-order valence-electron chi connectivity index (χ2n) is 4.82. The Labute approximate surface area is 134 Å². The molecule has 0 amide bonds. The normalized spacial score (nSPS) is 21.1. The van der Waals surface area contributed by atoms with E-state index in [-0.39, 0.29) is 16.0 Å². The van der Waals surface area contributed by atoms with Crippen LogP contribution in [0.2, 0.25) is 10.0 Å². The average Bonchev–Trinajstić information content (AvgIpc) is 2.42. The highest BCUT2D eigenvalue weighted by molar-refractivity contribution is 7.89.